The number of anilines is 1. The zero-order valence-corrected chi connectivity index (χ0v) is 10.3. The van der Waals surface area contributed by atoms with Crippen LogP contribution < -0.4 is 10.2 Å². The van der Waals surface area contributed by atoms with Gasteiger partial charge in [0.2, 0.25) is 10.1 Å². The van der Waals surface area contributed by atoms with Gasteiger partial charge in [0, 0.05) is 25.2 Å². The van der Waals surface area contributed by atoms with Crippen molar-refractivity contribution in [3.8, 4) is 0 Å². The Hall–Kier alpha value is -0.890. The molecule has 1 saturated heterocycles. The van der Waals surface area contributed by atoms with Gasteiger partial charge < -0.3 is 10.2 Å². The zero-order chi connectivity index (χ0) is 12.6. The molecule has 1 fully saturated rings. The van der Waals surface area contributed by atoms with Crippen molar-refractivity contribution in [2.45, 2.75) is 32.1 Å². The number of aromatic nitrogens is 2. The molecule has 2 rings (SSSR count). The molecule has 0 spiro atoms. The lowest BCUT2D eigenvalue weighted by atomic mass is 10.1. The van der Waals surface area contributed by atoms with E-state index in [0.29, 0.717) is 23.0 Å². The minimum atomic E-state index is -4.40. The first-order valence-electron chi connectivity index (χ1n) is 5.28. The Morgan fingerprint density at radius 2 is 2.06 bits per heavy atom. The first kappa shape index (κ1) is 12.6. The van der Waals surface area contributed by atoms with E-state index in [1.807, 2.05) is 18.7 Å². The molecule has 96 valence electrons. The highest BCUT2D eigenvalue weighted by atomic mass is 32.1. The van der Waals surface area contributed by atoms with Crippen molar-refractivity contribution in [3.63, 3.8) is 0 Å². The summed E-state index contributed by atoms with van der Waals surface area (Å²) in [5.74, 6) is 0. The molecule has 17 heavy (non-hydrogen) atoms. The van der Waals surface area contributed by atoms with Crippen LogP contribution in [0.1, 0.15) is 18.9 Å². The Morgan fingerprint density at radius 1 is 1.35 bits per heavy atom. The van der Waals surface area contributed by atoms with Gasteiger partial charge in [-0.05, 0) is 13.8 Å². The van der Waals surface area contributed by atoms with Gasteiger partial charge in [-0.2, -0.15) is 13.2 Å². The second-order valence-corrected chi connectivity index (χ2v) is 5.15. The average Bonchev–Trinajstić information content (AvgIpc) is 2.70. The third-order valence-corrected chi connectivity index (χ3v) is 3.67. The van der Waals surface area contributed by atoms with Crippen LogP contribution in [0.25, 0.3) is 0 Å². The van der Waals surface area contributed by atoms with Gasteiger partial charge in [0.05, 0.1) is 0 Å². The summed E-state index contributed by atoms with van der Waals surface area (Å²) >= 11 is 0.603. The first-order chi connectivity index (χ1) is 7.88. The molecule has 2 unspecified atom stereocenters. The van der Waals surface area contributed by atoms with Crippen LogP contribution in [-0.2, 0) is 6.18 Å². The number of alkyl halides is 3. The average molecular weight is 266 g/mol. The fourth-order valence-corrected chi connectivity index (χ4v) is 2.56. The first-order valence-corrected chi connectivity index (χ1v) is 6.10. The fraction of sp³-hybridized carbons (Fsp3) is 0.778. The molecular formula is C9H13F3N4S. The summed E-state index contributed by atoms with van der Waals surface area (Å²) in [6.07, 6.45) is -4.40. The summed E-state index contributed by atoms with van der Waals surface area (Å²) in [6, 6.07) is 0.365. The van der Waals surface area contributed by atoms with Crippen LogP contribution in [0, 0.1) is 0 Å². The molecule has 0 bridgehead atoms. The molecule has 2 heterocycles. The minimum absolute atomic E-state index is 0.125. The van der Waals surface area contributed by atoms with Crippen LogP contribution in [0.3, 0.4) is 0 Å². The maximum atomic E-state index is 12.4. The normalized spacial score (nSPS) is 26.3. The topological polar surface area (TPSA) is 41.1 Å². The predicted octanol–water partition coefficient (Wildman–Crippen LogP) is 1.74. The predicted molar refractivity (Wildman–Crippen MR) is 59.2 cm³/mol. The van der Waals surface area contributed by atoms with Crippen LogP contribution >= 0.6 is 11.3 Å². The minimum Gasteiger partial charge on any atom is -0.341 e. The monoisotopic (exact) mass is 266 g/mol. The highest BCUT2D eigenvalue weighted by molar-refractivity contribution is 7.15. The Labute approximate surface area is 101 Å². The largest absolute Gasteiger partial charge is 0.445 e. The smallest absolute Gasteiger partial charge is 0.341 e. The summed E-state index contributed by atoms with van der Waals surface area (Å²) in [4.78, 5) is 1.87. The van der Waals surface area contributed by atoms with E-state index in [4.69, 9.17) is 0 Å². The molecule has 0 aromatic carbocycles. The third-order valence-electron chi connectivity index (χ3n) is 2.67. The van der Waals surface area contributed by atoms with Gasteiger partial charge in [-0.1, -0.05) is 11.3 Å². The lowest BCUT2D eigenvalue weighted by Crippen LogP contribution is -2.54. The van der Waals surface area contributed by atoms with Crippen molar-refractivity contribution in [2.75, 3.05) is 18.0 Å². The number of hydrogen-bond acceptors (Lipinski definition) is 5. The number of rotatable bonds is 1. The maximum Gasteiger partial charge on any atom is 0.445 e. The SMILES string of the molecule is CC1CN(c2nnc(C(F)(F)F)s2)C(C)CN1. The van der Waals surface area contributed by atoms with E-state index in [9.17, 15) is 13.2 Å². The highest BCUT2D eigenvalue weighted by Gasteiger charge is 2.37. The number of halogens is 3. The molecule has 0 radical (unpaired) electrons. The van der Waals surface area contributed by atoms with Crippen molar-refractivity contribution in [1.29, 1.82) is 0 Å². The molecule has 1 aromatic heterocycles. The highest BCUT2D eigenvalue weighted by Crippen LogP contribution is 2.35. The number of nitrogens with zero attached hydrogens (tertiary/aromatic N) is 3. The van der Waals surface area contributed by atoms with E-state index in [1.54, 1.807) is 0 Å². The molecule has 2 atom stereocenters. The lowest BCUT2D eigenvalue weighted by Gasteiger charge is -2.37. The van der Waals surface area contributed by atoms with Gasteiger partial charge in [-0.3, -0.25) is 0 Å². The van der Waals surface area contributed by atoms with E-state index < -0.39 is 11.2 Å². The summed E-state index contributed by atoms with van der Waals surface area (Å²) in [7, 11) is 0. The molecular weight excluding hydrogens is 253 g/mol. The van der Waals surface area contributed by atoms with Crippen LogP contribution in [0.15, 0.2) is 0 Å². The van der Waals surface area contributed by atoms with Crippen molar-refractivity contribution in [1.82, 2.24) is 15.5 Å². The van der Waals surface area contributed by atoms with E-state index in [1.165, 1.54) is 0 Å². The van der Waals surface area contributed by atoms with Crippen LogP contribution in [0.4, 0.5) is 18.3 Å². The summed E-state index contributed by atoms with van der Waals surface area (Å²) in [5.41, 5.74) is 0. The molecule has 1 aliphatic rings. The van der Waals surface area contributed by atoms with Crippen LogP contribution in [0.5, 0.6) is 0 Å². The van der Waals surface area contributed by atoms with E-state index in [-0.39, 0.29) is 12.1 Å². The number of nitrogens with one attached hydrogen (secondary N) is 1. The molecule has 8 heteroatoms. The van der Waals surface area contributed by atoms with Gasteiger partial charge >= 0.3 is 6.18 Å². The number of hydrogen-bond donors (Lipinski definition) is 1. The molecule has 0 aliphatic carbocycles. The summed E-state index contributed by atoms with van der Waals surface area (Å²) in [5, 5.41) is 9.56. The summed E-state index contributed by atoms with van der Waals surface area (Å²) in [6.45, 7) is 5.33. The van der Waals surface area contributed by atoms with Gasteiger partial charge in [-0.15, -0.1) is 10.2 Å². The standard InChI is InChI=1S/C9H13F3N4S/c1-5-4-16(6(2)3-13-5)8-15-14-7(17-8)9(10,11)12/h5-6,13H,3-4H2,1-2H3. The van der Waals surface area contributed by atoms with E-state index in [2.05, 4.69) is 15.5 Å². The molecule has 1 aromatic rings. The van der Waals surface area contributed by atoms with Crippen LogP contribution in [-0.4, -0.2) is 35.4 Å². The Kier molecular flexibility index (Phi) is 3.26. The summed E-state index contributed by atoms with van der Waals surface area (Å²) < 4.78 is 37.3. The Balaban J connectivity index is 2.19. The molecule has 4 nitrogen and oxygen atoms in total. The van der Waals surface area contributed by atoms with Gasteiger partial charge in [-0.25, -0.2) is 0 Å². The third kappa shape index (κ3) is 2.68. The molecule has 0 amide bonds. The van der Waals surface area contributed by atoms with Crippen molar-refractivity contribution >= 4 is 16.5 Å². The Morgan fingerprint density at radius 3 is 2.65 bits per heavy atom. The van der Waals surface area contributed by atoms with Gasteiger partial charge in [0.15, 0.2) is 0 Å². The lowest BCUT2D eigenvalue weighted by molar-refractivity contribution is -0.138. The second kappa shape index (κ2) is 4.41. The maximum absolute atomic E-state index is 12.4. The van der Waals surface area contributed by atoms with E-state index >= 15 is 0 Å². The fourth-order valence-electron chi connectivity index (χ4n) is 1.73. The van der Waals surface area contributed by atoms with Crippen molar-refractivity contribution in [2.24, 2.45) is 0 Å². The van der Waals surface area contributed by atoms with E-state index in [0.717, 1.165) is 6.54 Å². The quantitative estimate of drug-likeness (QED) is 0.840. The second-order valence-electron chi connectivity index (χ2n) is 4.20. The number of piperazine rings is 1. The van der Waals surface area contributed by atoms with Crippen molar-refractivity contribution in [3.05, 3.63) is 5.01 Å². The van der Waals surface area contributed by atoms with Crippen molar-refractivity contribution < 1.29 is 13.2 Å². The van der Waals surface area contributed by atoms with Gasteiger partial charge in [0.1, 0.15) is 0 Å². The Bertz CT molecular complexity index is 392. The zero-order valence-electron chi connectivity index (χ0n) is 9.45. The molecule has 0 saturated carbocycles. The van der Waals surface area contributed by atoms with Crippen LogP contribution in [0.2, 0.25) is 0 Å². The van der Waals surface area contributed by atoms with Gasteiger partial charge in [0.25, 0.3) is 0 Å². The molecule has 1 N–H and O–H groups in total. The molecule has 1 aliphatic heterocycles.